The number of ether oxygens (including phenoxy) is 2. The van der Waals surface area contributed by atoms with E-state index in [4.69, 9.17) is 9.47 Å². The number of carbonyl (C=O) groups is 4. The lowest BCUT2D eigenvalue weighted by Gasteiger charge is -2.60. The predicted molar refractivity (Wildman–Crippen MR) is 122 cm³/mol. The third-order valence-electron chi connectivity index (χ3n) is 7.31. The molecule has 0 aromatic carbocycles. The lowest BCUT2D eigenvalue weighted by Crippen LogP contribution is -2.63. The minimum atomic E-state index is -1.60. The van der Waals surface area contributed by atoms with Crippen LogP contribution >= 0.6 is 0 Å². The topological polar surface area (TPSA) is 131 Å². The molecule has 34 heavy (non-hydrogen) atoms. The average Bonchev–Trinajstić information content (AvgIpc) is 2.70. The fraction of sp³-hybridized carbons (Fsp3) is 0.760. The van der Waals surface area contributed by atoms with E-state index < -0.39 is 34.0 Å². The van der Waals surface area contributed by atoms with Crippen molar-refractivity contribution in [2.45, 2.75) is 83.8 Å². The molecule has 4 saturated carbocycles. The maximum absolute atomic E-state index is 13.5. The third kappa shape index (κ3) is 5.31. The predicted octanol–water partition coefficient (Wildman–Crippen LogP) is 2.62. The first-order valence-electron chi connectivity index (χ1n) is 11.8. The van der Waals surface area contributed by atoms with Gasteiger partial charge in [-0.25, -0.2) is 9.59 Å². The molecule has 0 spiro atoms. The van der Waals surface area contributed by atoms with Gasteiger partial charge < -0.3 is 25.2 Å². The van der Waals surface area contributed by atoms with Gasteiger partial charge in [-0.15, -0.1) is 0 Å². The summed E-state index contributed by atoms with van der Waals surface area (Å²) < 4.78 is 10.2. The molecule has 0 aliphatic heterocycles. The minimum absolute atomic E-state index is 0.00644. The van der Waals surface area contributed by atoms with Gasteiger partial charge in [0, 0.05) is 6.42 Å². The van der Waals surface area contributed by atoms with E-state index in [2.05, 4.69) is 22.5 Å². The van der Waals surface area contributed by atoms with Crippen LogP contribution in [0.1, 0.15) is 72.6 Å². The molecule has 4 aliphatic carbocycles. The van der Waals surface area contributed by atoms with Crippen molar-refractivity contribution >= 4 is 23.9 Å². The van der Waals surface area contributed by atoms with Crippen LogP contribution in [-0.4, -0.2) is 53.8 Å². The Bertz CT molecular complexity index is 912. The zero-order chi connectivity index (χ0) is 25.4. The molecule has 3 atom stereocenters. The molecule has 0 aromatic heterocycles. The molecular formula is C25H36N2O7. The number of amides is 2. The molecular weight excluding hydrogens is 440 g/mol. The zero-order valence-corrected chi connectivity index (χ0v) is 20.7. The van der Waals surface area contributed by atoms with Gasteiger partial charge in [-0.2, -0.15) is 0 Å². The van der Waals surface area contributed by atoms with E-state index in [-0.39, 0.29) is 36.7 Å². The second-order valence-electron chi connectivity index (χ2n) is 11.5. The Hall–Kier alpha value is -2.76. The number of carbonyl (C=O) groups excluding carboxylic acids is 3. The Morgan fingerprint density at radius 2 is 1.59 bits per heavy atom. The lowest BCUT2D eigenvalue weighted by atomic mass is 9.44. The van der Waals surface area contributed by atoms with Crippen LogP contribution in [-0.2, 0) is 23.9 Å². The number of rotatable bonds is 6. The first-order valence-corrected chi connectivity index (χ1v) is 11.8. The van der Waals surface area contributed by atoms with Crippen LogP contribution in [0.2, 0.25) is 0 Å². The van der Waals surface area contributed by atoms with Gasteiger partial charge in [0.05, 0.1) is 24.5 Å². The van der Waals surface area contributed by atoms with Crippen molar-refractivity contribution in [1.29, 1.82) is 0 Å². The summed E-state index contributed by atoms with van der Waals surface area (Å²) in [5.74, 6) is 4.21. The number of carboxylic acids is 1. The highest BCUT2D eigenvalue weighted by Crippen LogP contribution is 2.65. The maximum Gasteiger partial charge on any atom is 0.408 e. The van der Waals surface area contributed by atoms with E-state index in [9.17, 15) is 24.3 Å². The van der Waals surface area contributed by atoms with Crippen molar-refractivity contribution < 1.29 is 33.8 Å². The summed E-state index contributed by atoms with van der Waals surface area (Å²) in [6.07, 6.45) is 3.44. The molecule has 0 aromatic rings. The van der Waals surface area contributed by atoms with Crippen molar-refractivity contribution in [2.75, 3.05) is 13.7 Å². The first kappa shape index (κ1) is 25.9. The van der Waals surface area contributed by atoms with E-state index in [1.165, 1.54) is 14.0 Å². The van der Waals surface area contributed by atoms with E-state index in [1.54, 1.807) is 20.8 Å². The van der Waals surface area contributed by atoms with Crippen molar-refractivity contribution in [2.24, 2.45) is 22.7 Å². The standard InChI is InChI=1S/C25H36N2O7/c1-22(2,3)34-21(32)26-9-7-6-8-23(4,19(29)30)27-18(28)24-11-16-10-17(12-24)14-25(13-16,15-24)20(31)33-5/h16-17H,8-15H2,1-5H3,(H,26,32)(H,27,28)(H,29,30). The van der Waals surface area contributed by atoms with Crippen LogP contribution in [0.5, 0.6) is 0 Å². The maximum atomic E-state index is 13.5. The highest BCUT2D eigenvalue weighted by Gasteiger charge is 2.64. The number of esters is 1. The summed E-state index contributed by atoms with van der Waals surface area (Å²) in [5.41, 5.74) is -3.64. The smallest absolute Gasteiger partial charge is 0.408 e. The number of methoxy groups -OCH3 is 1. The van der Waals surface area contributed by atoms with E-state index >= 15 is 0 Å². The summed E-state index contributed by atoms with van der Waals surface area (Å²) >= 11 is 0. The summed E-state index contributed by atoms with van der Waals surface area (Å²) in [5, 5.41) is 15.1. The Kier molecular flexibility index (Phi) is 6.94. The van der Waals surface area contributed by atoms with Gasteiger partial charge in [0.1, 0.15) is 11.1 Å². The number of alkyl carbamates (subject to hydrolysis) is 1. The first-order chi connectivity index (χ1) is 15.7. The fourth-order valence-corrected chi connectivity index (χ4v) is 6.27. The molecule has 0 heterocycles. The zero-order valence-electron chi connectivity index (χ0n) is 20.7. The van der Waals surface area contributed by atoms with Gasteiger partial charge in [-0.05, 0) is 78.1 Å². The monoisotopic (exact) mass is 476 g/mol. The molecule has 3 unspecified atom stereocenters. The van der Waals surface area contributed by atoms with Gasteiger partial charge in [0.2, 0.25) is 5.91 Å². The normalized spacial score (nSPS) is 30.9. The molecule has 4 bridgehead atoms. The van der Waals surface area contributed by atoms with Crippen molar-refractivity contribution in [3.05, 3.63) is 0 Å². The molecule has 2 amide bonds. The van der Waals surface area contributed by atoms with Gasteiger partial charge in [0.15, 0.2) is 0 Å². The highest BCUT2D eigenvalue weighted by molar-refractivity contribution is 5.91. The number of hydrogen-bond donors (Lipinski definition) is 3. The molecule has 0 radical (unpaired) electrons. The number of hydrogen-bond acceptors (Lipinski definition) is 6. The molecule has 4 rings (SSSR count). The third-order valence-corrected chi connectivity index (χ3v) is 7.31. The van der Waals surface area contributed by atoms with E-state index in [0.717, 1.165) is 19.3 Å². The van der Waals surface area contributed by atoms with Crippen LogP contribution in [0.4, 0.5) is 4.79 Å². The van der Waals surface area contributed by atoms with Crippen LogP contribution in [0.15, 0.2) is 0 Å². The summed E-state index contributed by atoms with van der Waals surface area (Å²) in [6, 6.07) is 0. The van der Waals surface area contributed by atoms with E-state index in [0.29, 0.717) is 19.3 Å². The molecule has 4 aliphatic rings. The van der Waals surface area contributed by atoms with Crippen molar-refractivity contribution in [3.63, 3.8) is 0 Å². The summed E-state index contributed by atoms with van der Waals surface area (Å²) in [4.78, 5) is 50.0. The Morgan fingerprint density at radius 1 is 1.00 bits per heavy atom. The van der Waals surface area contributed by atoms with Gasteiger partial charge in [0.25, 0.3) is 0 Å². The minimum Gasteiger partial charge on any atom is -0.479 e. The number of aliphatic carboxylic acids is 1. The molecule has 4 fully saturated rings. The second-order valence-corrected chi connectivity index (χ2v) is 11.5. The SMILES string of the molecule is COC(=O)C12CC3CC(CC(C(=O)NC(C)(CC#CCNC(=O)OC(C)(C)C)C(=O)O)(C3)C1)C2. The largest absolute Gasteiger partial charge is 0.479 e. The van der Waals surface area contributed by atoms with Crippen LogP contribution in [0.3, 0.4) is 0 Å². The van der Waals surface area contributed by atoms with Crippen molar-refractivity contribution in [3.8, 4) is 11.8 Å². The van der Waals surface area contributed by atoms with Crippen LogP contribution in [0.25, 0.3) is 0 Å². The van der Waals surface area contributed by atoms with Gasteiger partial charge in [-0.3, -0.25) is 9.59 Å². The summed E-state index contributed by atoms with van der Waals surface area (Å²) in [7, 11) is 1.38. The van der Waals surface area contributed by atoms with Crippen LogP contribution < -0.4 is 10.6 Å². The van der Waals surface area contributed by atoms with Crippen LogP contribution in [0, 0.1) is 34.5 Å². The summed E-state index contributed by atoms with van der Waals surface area (Å²) in [6.45, 7) is 6.66. The highest BCUT2D eigenvalue weighted by atomic mass is 16.6. The fourth-order valence-electron chi connectivity index (χ4n) is 6.27. The lowest BCUT2D eigenvalue weighted by molar-refractivity contribution is -0.183. The molecule has 9 heteroatoms. The quantitative estimate of drug-likeness (QED) is 0.397. The Labute approximate surface area is 200 Å². The van der Waals surface area contributed by atoms with Gasteiger partial charge in [-0.1, -0.05) is 11.8 Å². The number of nitrogens with one attached hydrogen (secondary N) is 2. The Balaban J connectivity index is 1.66. The van der Waals surface area contributed by atoms with Gasteiger partial charge >= 0.3 is 18.0 Å². The Morgan fingerprint density at radius 3 is 2.12 bits per heavy atom. The van der Waals surface area contributed by atoms with Crippen molar-refractivity contribution in [1.82, 2.24) is 10.6 Å². The molecule has 9 nitrogen and oxygen atoms in total. The molecule has 0 saturated heterocycles. The average molecular weight is 477 g/mol. The molecule has 3 N–H and O–H groups in total. The number of carboxylic acid groups (broad SMARTS) is 1. The second kappa shape index (κ2) is 9.12. The molecule has 188 valence electrons. The van der Waals surface area contributed by atoms with E-state index in [1.807, 2.05) is 0 Å².